The molecule has 0 fully saturated rings. The number of fused-ring (bicyclic) bond motifs is 4. The average molecular weight is 642 g/mol. The number of hydrogen-bond acceptors (Lipinski definition) is 1. The van der Waals surface area contributed by atoms with Crippen molar-refractivity contribution >= 4 is 38.6 Å². The first-order valence-corrected chi connectivity index (χ1v) is 17.9. The Morgan fingerprint density at radius 3 is 1.50 bits per heavy atom. The number of anilines is 3. The van der Waals surface area contributed by atoms with Gasteiger partial charge in [-0.3, -0.25) is 0 Å². The third kappa shape index (κ3) is 5.55. The molecule has 1 aliphatic carbocycles. The molecule has 1 nitrogen and oxygen atoms in total. The highest BCUT2D eigenvalue weighted by Crippen LogP contribution is 2.40. The molecule has 0 spiro atoms. The molecule has 0 saturated heterocycles. The molecule has 50 heavy (non-hydrogen) atoms. The van der Waals surface area contributed by atoms with Gasteiger partial charge in [-0.05, 0) is 147 Å². The highest BCUT2D eigenvalue weighted by atomic mass is 15.1. The summed E-state index contributed by atoms with van der Waals surface area (Å²) in [7, 11) is 0. The van der Waals surface area contributed by atoms with E-state index in [4.69, 9.17) is 0 Å². The molecular formula is C49H39N. The third-order valence-electron chi connectivity index (χ3n) is 10.6. The molecular weight excluding hydrogens is 603 g/mol. The Morgan fingerprint density at radius 1 is 0.380 bits per heavy atom. The zero-order chi connectivity index (χ0) is 33.4. The van der Waals surface area contributed by atoms with Crippen LogP contribution in [0.3, 0.4) is 0 Å². The van der Waals surface area contributed by atoms with E-state index in [0.717, 1.165) is 17.1 Å². The number of rotatable bonds is 6. The topological polar surface area (TPSA) is 3.24 Å². The van der Waals surface area contributed by atoms with E-state index in [1.54, 1.807) is 5.56 Å². The summed E-state index contributed by atoms with van der Waals surface area (Å²) in [5, 5.41) is 5.13. The average Bonchev–Trinajstić information content (AvgIpc) is 3.19. The van der Waals surface area contributed by atoms with Crippen LogP contribution in [-0.2, 0) is 12.8 Å². The summed E-state index contributed by atoms with van der Waals surface area (Å²) in [6.07, 6.45) is 5.01. The lowest BCUT2D eigenvalue weighted by atomic mass is 9.86. The molecule has 0 unspecified atom stereocenters. The van der Waals surface area contributed by atoms with Crippen molar-refractivity contribution in [2.24, 2.45) is 0 Å². The molecule has 0 radical (unpaired) electrons. The molecule has 0 bridgehead atoms. The van der Waals surface area contributed by atoms with Crippen molar-refractivity contribution in [3.05, 3.63) is 187 Å². The van der Waals surface area contributed by atoms with E-state index >= 15 is 0 Å². The van der Waals surface area contributed by atoms with Gasteiger partial charge in [0.05, 0.1) is 0 Å². The molecule has 240 valence electrons. The van der Waals surface area contributed by atoms with Gasteiger partial charge in [-0.15, -0.1) is 0 Å². The van der Waals surface area contributed by atoms with Gasteiger partial charge in [0, 0.05) is 17.1 Å². The highest BCUT2D eigenvalue weighted by molar-refractivity contribution is 6.13. The van der Waals surface area contributed by atoms with Crippen LogP contribution in [0.5, 0.6) is 0 Å². The Labute approximate surface area is 295 Å². The standard InChI is InChI=1S/C49H39N/c1-34-31-39-13-5-6-14-40(39)32-48(34)37-21-27-43(28-22-37)50(42-25-19-36(20-26-42)35-11-3-2-4-12-35)44-29-23-38(24-30-44)49-33-41-15-7-8-16-45(41)46-17-9-10-18-47(46)49/h2-4,7-12,15-33H,5-6,13-14H2,1H3. The molecule has 1 aliphatic rings. The summed E-state index contributed by atoms with van der Waals surface area (Å²) in [6.45, 7) is 2.26. The Kier molecular flexibility index (Phi) is 7.75. The van der Waals surface area contributed by atoms with E-state index < -0.39 is 0 Å². The molecule has 9 rings (SSSR count). The van der Waals surface area contributed by atoms with Gasteiger partial charge in [-0.25, -0.2) is 0 Å². The van der Waals surface area contributed by atoms with Gasteiger partial charge in [0.25, 0.3) is 0 Å². The molecule has 0 amide bonds. The van der Waals surface area contributed by atoms with Gasteiger partial charge in [-0.1, -0.05) is 127 Å². The Hall–Kier alpha value is -5.92. The van der Waals surface area contributed by atoms with Crippen LogP contribution in [0.4, 0.5) is 17.1 Å². The van der Waals surface area contributed by atoms with Crippen LogP contribution >= 0.6 is 0 Å². The summed E-state index contributed by atoms with van der Waals surface area (Å²) < 4.78 is 0. The Bertz CT molecular complexity index is 2460. The third-order valence-corrected chi connectivity index (χ3v) is 10.6. The molecule has 0 aromatic heterocycles. The van der Waals surface area contributed by atoms with Gasteiger partial charge in [0.15, 0.2) is 0 Å². The predicted octanol–water partition coefficient (Wildman–Crippen LogP) is 13.7. The molecule has 0 aliphatic heterocycles. The molecule has 0 saturated carbocycles. The van der Waals surface area contributed by atoms with Crippen LogP contribution in [0, 0.1) is 6.92 Å². The summed E-state index contributed by atoms with van der Waals surface area (Å²) in [5.41, 5.74) is 15.4. The van der Waals surface area contributed by atoms with Gasteiger partial charge >= 0.3 is 0 Å². The zero-order valence-electron chi connectivity index (χ0n) is 28.4. The van der Waals surface area contributed by atoms with Crippen molar-refractivity contribution in [2.45, 2.75) is 32.6 Å². The molecule has 8 aromatic rings. The van der Waals surface area contributed by atoms with Crippen molar-refractivity contribution in [1.29, 1.82) is 0 Å². The fourth-order valence-electron chi connectivity index (χ4n) is 7.97. The SMILES string of the molecule is Cc1cc2c(cc1-c1ccc(N(c3ccc(-c4ccccc4)cc3)c3ccc(-c4cc5ccccc5c5ccccc45)cc3)cc1)CCCC2. The van der Waals surface area contributed by atoms with Crippen LogP contribution in [0.25, 0.3) is 54.9 Å². The monoisotopic (exact) mass is 641 g/mol. The highest BCUT2D eigenvalue weighted by Gasteiger charge is 2.17. The van der Waals surface area contributed by atoms with E-state index in [1.807, 2.05) is 0 Å². The van der Waals surface area contributed by atoms with E-state index in [-0.39, 0.29) is 0 Å². The minimum atomic E-state index is 1.13. The van der Waals surface area contributed by atoms with Crippen LogP contribution < -0.4 is 4.90 Å². The summed E-state index contributed by atoms with van der Waals surface area (Å²) in [4.78, 5) is 2.38. The second-order valence-corrected chi connectivity index (χ2v) is 13.7. The van der Waals surface area contributed by atoms with Gasteiger partial charge < -0.3 is 4.90 Å². The number of nitrogens with zero attached hydrogens (tertiary/aromatic N) is 1. The fourth-order valence-corrected chi connectivity index (χ4v) is 7.97. The van der Waals surface area contributed by atoms with E-state index in [0.29, 0.717) is 0 Å². The van der Waals surface area contributed by atoms with Gasteiger partial charge in [0.1, 0.15) is 0 Å². The maximum Gasteiger partial charge on any atom is 0.0462 e. The quantitative estimate of drug-likeness (QED) is 0.163. The molecule has 1 heteroatoms. The van der Waals surface area contributed by atoms with Crippen molar-refractivity contribution < 1.29 is 0 Å². The predicted molar refractivity (Wildman–Crippen MR) is 214 cm³/mol. The maximum absolute atomic E-state index is 2.45. The fraction of sp³-hybridized carbons (Fsp3) is 0.102. The summed E-state index contributed by atoms with van der Waals surface area (Å²) in [6, 6.07) is 62.5. The summed E-state index contributed by atoms with van der Waals surface area (Å²) >= 11 is 0. The van der Waals surface area contributed by atoms with E-state index in [9.17, 15) is 0 Å². The minimum Gasteiger partial charge on any atom is -0.311 e. The van der Waals surface area contributed by atoms with Crippen LogP contribution in [-0.4, -0.2) is 0 Å². The zero-order valence-corrected chi connectivity index (χ0v) is 28.4. The maximum atomic E-state index is 2.45. The van der Waals surface area contributed by atoms with E-state index in [2.05, 4.69) is 182 Å². The lowest BCUT2D eigenvalue weighted by Crippen LogP contribution is -2.10. The molecule has 0 heterocycles. The Balaban J connectivity index is 1.12. The molecule has 0 atom stereocenters. The van der Waals surface area contributed by atoms with Gasteiger partial charge in [0.2, 0.25) is 0 Å². The Morgan fingerprint density at radius 2 is 0.860 bits per heavy atom. The number of aryl methyl sites for hydroxylation is 3. The van der Waals surface area contributed by atoms with Crippen LogP contribution in [0.2, 0.25) is 0 Å². The molecule has 0 N–H and O–H groups in total. The van der Waals surface area contributed by atoms with Crippen molar-refractivity contribution in [1.82, 2.24) is 0 Å². The largest absolute Gasteiger partial charge is 0.311 e. The lowest BCUT2D eigenvalue weighted by molar-refractivity contribution is 0.685. The smallest absolute Gasteiger partial charge is 0.0462 e. The normalized spacial score (nSPS) is 12.6. The second-order valence-electron chi connectivity index (χ2n) is 13.7. The van der Waals surface area contributed by atoms with Crippen LogP contribution in [0.1, 0.15) is 29.5 Å². The summed E-state index contributed by atoms with van der Waals surface area (Å²) in [5.74, 6) is 0. The first-order chi connectivity index (χ1) is 24.7. The van der Waals surface area contributed by atoms with E-state index in [1.165, 1.54) is 91.7 Å². The van der Waals surface area contributed by atoms with Crippen molar-refractivity contribution in [3.63, 3.8) is 0 Å². The van der Waals surface area contributed by atoms with Gasteiger partial charge in [-0.2, -0.15) is 0 Å². The van der Waals surface area contributed by atoms with Crippen molar-refractivity contribution in [3.8, 4) is 33.4 Å². The minimum absolute atomic E-state index is 1.13. The number of benzene rings is 8. The van der Waals surface area contributed by atoms with Crippen LogP contribution in [0.15, 0.2) is 170 Å². The lowest BCUT2D eigenvalue weighted by Gasteiger charge is -2.26. The van der Waals surface area contributed by atoms with Crippen molar-refractivity contribution in [2.75, 3.05) is 4.90 Å². The number of hydrogen-bond donors (Lipinski definition) is 0. The second kappa shape index (κ2) is 12.8. The molecule has 8 aromatic carbocycles. The first-order valence-electron chi connectivity index (χ1n) is 17.9. The first kappa shape index (κ1) is 30.2.